The zero-order chi connectivity index (χ0) is 21.6. The smallest absolute Gasteiger partial charge is 0.295 e. The number of aliphatic hydroxyl groups excluding tert-OH is 1. The van der Waals surface area contributed by atoms with Gasteiger partial charge in [-0.25, -0.2) is 0 Å². The number of anilines is 1. The minimum Gasteiger partial charge on any atom is -0.503 e. The summed E-state index contributed by atoms with van der Waals surface area (Å²) in [7, 11) is 0. The van der Waals surface area contributed by atoms with Crippen LogP contribution in [0.5, 0.6) is 0 Å². The van der Waals surface area contributed by atoms with Gasteiger partial charge >= 0.3 is 0 Å². The summed E-state index contributed by atoms with van der Waals surface area (Å²) in [4.78, 5) is 27.5. The van der Waals surface area contributed by atoms with Crippen molar-refractivity contribution in [2.75, 3.05) is 4.90 Å². The van der Waals surface area contributed by atoms with Crippen LogP contribution < -0.4 is 4.90 Å². The SMILES string of the molecule is Cc1cc(N2C(=O)C(O)=C(C(=O)c3ccc(C)o3)[C@H]2c2ccc(C(C)C)cc2)no1. The van der Waals surface area contributed by atoms with E-state index in [4.69, 9.17) is 8.94 Å². The van der Waals surface area contributed by atoms with Crippen LogP contribution in [0.15, 0.2) is 62.7 Å². The molecule has 0 spiro atoms. The van der Waals surface area contributed by atoms with Crippen molar-refractivity contribution in [3.05, 3.63) is 82.2 Å². The number of ketones is 1. The van der Waals surface area contributed by atoms with E-state index in [1.165, 1.54) is 11.0 Å². The Morgan fingerprint density at radius 3 is 2.33 bits per heavy atom. The molecule has 1 N–H and O–H groups in total. The van der Waals surface area contributed by atoms with Gasteiger partial charge in [-0.1, -0.05) is 43.3 Å². The summed E-state index contributed by atoms with van der Waals surface area (Å²) in [6, 6.07) is 11.5. The number of aryl methyl sites for hydroxylation is 2. The molecule has 1 aliphatic rings. The average molecular weight is 406 g/mol. The number of carbonyl (C=O) groups is 2. The van der Waals surface area contributed by atoms with Crippen LogP contribution in [0.1, 0.15) is 59.0 Å². The van der Waals surface area contributed by atoms with E-state index < -0.39 is 23.5 Å². The fraction of sp³-hybridized carbons (Fsp3) is 0.261. The molecule has 0 unspecified atom stereocenters. The quantitative estimate of drug-likeness (QED) is 0.612. The Bertz CT molecular complexity index is 1150. The fourth-order valence-corrected chi connectivity index (χ4v) is 3.61. The zero-order valence-electron chi connectivity index (χ0n) is 17.2. The van der Waals surface area contributed by atoms with Gasteiger partial charge < -0.3 is 14.0 Å². The Morgan fingerprint density at radius 2 is 1.80 bits per heavy atom. The van der Waals surface area contributed by atoms with Crippen LogP contribution in [0.2, 0.25) is 0 Å². The predicted molar refractivity (Wildman–Crippen MR) is 109 cm³/mol. The summed E-state index contributed by atoms with van der Waals surface area (Å²) in [6.45, 7) is 7.59. The molecule has 0 saturated heterocycles. The number of hydrogen-bond acceptors (Lipinski definition) is 6. The Balaban J connectivity index is 1.85. The Morgan fingerprint density at radius 1 is 1.10 bits per heavy atom. The number of nitrogens with zero attached hydrogens (tertiary/aromatic N) is 2. The molecule has 0 radical (unpaired) electrons. The summed E-state index contributed by atoms with van der Waals surface area (Å²) in [5, 5.41) is 14.6. The molecule has 3 heterocycles. The minimum atomic E-state index is -0.860. The average Bonchev–Trinajstić information content (AvgIpc) is 3.40. The van der Waals surface area contributed by atoms with Crippen LogP contribution in [0.3, 0.4) is 0 Å². The molecular weight excluding hydrogens is 384 g/mol. The third-order valence-electron chi connectivity index (χ3n) is 5.20. The van der Waals surface area contributed by atoms with E-state index in [2.05, 4.69) is 19.0 Å². The van der Waals surface area contributed by atoms with Gasteiger partial charge in [0.1, 0.15) is 11.5 Å². The number of aromatic nitrogens is 1. The van der Waals surface area contributed by atoms with Gasteiger partial charge in [-0.2, -0.15) is 0 Å². The first-order chi connectivity index (χ1) is 14.3. The van der Waals surface area contributed by atoms with Crippen molar-refractivity contribution in [1.82, 2.24) is 5.16 Å². The van der Waals surface area contributed by atoms with Crippen molar-refractivity contribution in [1.29, 1.82) is 0 Å². The molecule has 154 valence electrons. The van der Waals surface area contributed by atoms with E-state index in [9.17, 15) is 14.7 Å². The molecule has 1 aromatic carbocycles. The van der Waals surface area contributed by atoms with Gasteiger partial charge in [0.05, 0.1) is 11.6 Å². The standard InChI is InChI=1S/C23H22N2O5/c1-12(2)15-6-8-16(9-7-15)20-19(21(26)17-10-5-13(3)29-17)22(27)23(28)25(20)18-11-14(4)30-24-18/h5-12,20,27H,1-4H3/t20-/m1/s1. The largest absolute Gasteiger partial charge is 0.503 e. The van der Waals surface area contributed by atoms with Crippen LogP contribution in [-0.4, -0.2) is 22.0 Å². The lowest BCUT2D eigenvalue weighted by Crippen LogP contribution is -2.31. The molecule has 30 heavy (non-hydrogen) atoms. The first kappa shape index (κ1) is 19.7. The van der Waals surface area contributed by atoms with Gasteiger partial charge in [-0.15, -0.1) is 0 Å². The van der Waals surface area contributed by atoms with Crippen molar-refractivity contribution >= 4 is 17.5 Å². The van der Waals surface area contributed by atoms with E-state index in [0.29, 0.717) is 23.0 Å². The molecule has 1 atom stereocenters. The summed E-state index contributed by atoms with van der Waals surface area (Å²) in [6.07, 6.45) is 0. The lowest BCUT2D eigenvalue weighted by Gasteiger charge is -2.24. The fourth-order valence-electron chi connectivity index (χ4n) is 3.61. The molecule has 4 rings (SSSR count). The second-order valence-electron chi connectivity index (χ2n) is 7.70. The van der Waals surface area contributed by atoms with E-state index in [-0.39, 0.29) is 17.2 Å². The molecule has 0 fully saturated rings. The van der Waals surface area contributed by atoms with Crippen LogP contribution in [-0.2, 0) is 4.79 Å². The number of furan rings is 1. The van der Waals surface area contributed by atoms with Crippen LogP contribution in [0.25, 0.3) is 0 Å². The van der Waals surface area contributed by atoms with Crippen molar-refractivity contribution in [2.24, 2.45) is 0 Å². The highest BCUT2D eigenvalue weighted by Gasteiger charge is 2.46. The number of benzene rings is 1. The highest BCUT2D eigenvalue weighted by molar-refractivity contribution is 6.19. The number of Topliss-reactive ketones (excluding diaryl/α,β-unsaturated/α-hetero) is 1. The van der Waals surface area contributed by atoms with Gasteiger partial charge in [-0.3, -0.25) is 14.5 Å². The molecule has 7 heteroatoms. The molecule has 3 aromatic rings. The van der Waals surface area contributed by atoms with Gasteiger partial charge in [-0.05, 0) is 43.0 Å². The molecule has 1 amide bonds. The van der Waals surface area contributed by atoms with Gasteiger partial charge in [0.15, 0.2) is 17.3 Å². The number of carbonyl (C=O) groups excluding carboxylic acids is 2. The minimum absolute atomic E-state index is 0.0488. The second kappa shape index (κ2) is 7.33. The molecule has 0 saturated carbocycles. The van der Waals surface area contributed by atoms with Crippen molar-refractivity contribution in [2.45, 2.75) is 39.7 Å². The zero-order valence-corrected chi connectivity index (χ0v) is 17.2. The maximum Gasteiger partial charge on any atom is 0.295 e. The summed E-state index contributed by atoms with van der Waals surface area (Å²) >= 11 is 0. The number of aliphatic hydroxyl groups is 1. The molecular formula is C23H22N2O5. The maximum atomic E-state index is 13.2. The van der Waals surface area contributed by atoms with Crippen LogP contribution in [0, 0.1) is 13.8 Å². The highest BCUT2D eigenvalue weighted by atomic mass is 16.5. The van der Waals surface area contributed by atoms with Crippen molar-refractivity contribution < 1.29 is 23.6 Å². The monoisotopic (exact) mass is 406 g/mol. The second-order valence-corrected chi connectivity index (χ2v) is 7.70. The van der Waals surface area contributed by atoms with Crippen molar-refractivity contribution in [3.63, 3.8) is 0 Å². The first-order valence-electron chi connectivity index (χ1n) is 9.69. The van der Waals surface area contributed by atoms with E-state index >= 15 is 0 Å². The predicted octanol–water partition coefficient (Wildman–Crippen LogP) is 4.79. The lowest BCUT2D eigenvalue weighted by molar-refractivity contribution is -0.117. The van der Waals surface area contributed by atoms with Gasteiger partial charge in [0.2, 0.25) is 5.78 Å². The third-order valence-corrected chi connectivity index (χ3v) is 5.20. The van der Waals surface area contributed by atoms with E-state index in [1.807, 2.05) is 24.3 Å². The molecule has 2 aromatic heterocycles. The number of hydrogen-bond donors (Lipinski definition) is 1. The third kappa shape index (κ3) is 3.22. The summed E-state index contributed by atoms with van der Waals surface area (Å²) in [5.41, 5.74) is 1.74. The Kier molecular flexibility index (Phi) is 4.81. The summed E-state index contributed by atoms with van der Waals surface area (Å²) in [5.74, 6) is -0.203. The number of rotatable bonds is 5. The van der Waals surface area contributed by atoms with Crippen molar-refractivity contribution in [3.8, 4) is 0 Å². The number of amides is 1. The Hall–Kier alpha value is -3.61. The van der Waals surface area contributed by atoms with E-state index in [1.54, 1.807) is 26.0 Å². The first-order valence-corrected chi connectivity index (χ1v) is 9.69. The topological polar surface area (TPSA) is 96.8 Å². The van der Waals surface area contributed by atoms with Crippen LogP contribution in [0.4, 0.5) is 5.82 Å². The van der Waals surface area contributed by atoms with Gasteiger partial charge in [0, 0.05) is 6.07 Å². The summed E-state index contributed by atoms with van der Waals surface area (Å²) < 4.78 is 10.6. The Labute approximate surface area is 173 Å². The molecule has 0 aliphatic carbocycles. The van der Waals surface area contributed by atoms with Crippen LogP contribution >= 0.6 is 0 Å². The maximum absolute atomic E-state index is 13.2. The lowest BCUT2D eigenvalue weighted by atomic mass is 9.93. The molecule has 0 bridgehead atoms. The normalized spacial score (nSPS) is 16.8. The van der Waals surface area contributed by atoms with Gasteiger partial charge in [0.25, 0.3) is 5.91 Å². The molecule has 1 aliphatic heterocycles. The molecule has 7 nitrogen and oxygen atoms in total. The highest BCUT2D eigenvalue weighted by Crippen LogP contribution is 2.42. The van der Waals surface area contributed by atoms with E-state index in [0.717, 1.165) is 5.56 Å².